The van der Waals surface area contributed by atoms with Crippen molar-refractivity contribution in [2.24, 2.45) is 0 Å². The summed E-state index contributed by atoms with van der Waals surface area (Å²) in [5.74, 6) is 3.93. The molecule has 0 aromatic rings. The van der Waals surface area contributed by atoms with Crippen LogP contribution < -0.4 is 0 Å². The topological polar surface area (TPSA) is 20.3 Å². The molecule has 60 valence electrons. The number of hydrogen-bond acceptors (Lipinski definition) is 3. The van der Waals surface area contributed by atoms with E-state index >= 15 is 0 Å². The first-order valence-electron chi connectivity index (χ1n) is 3.34. The van der Waals surface area contributed by atoms with Gasteiger partial charge in [0.1, 0.15) is 0 Å². The zero-order chi connectivity index (χ0) is 8.10. The molecular weight excluding hydrogens is 178 g/mol. The lowest BCUT2D eigenvalue weighted by molar-refractivity contribution is -0.124. The van der Waals surface area contributed by atoms with Crippen molar-refractivity contribution in [1.82, 2.24) is 4.90 Å². The van der Waals surface area contributed by atoms with Crippen molar-refractivity contribution in [3.05, 3.63) is 0 Å². The fourth-order valence-corrected chi connectivity index (χ4v) is 2.80. The van der Waals surface area contributed by atoms with Crippen LogP contribution in [-0.4, -0.2) is 35.4 Å². The molecule has 1 aliphatic heterocycles. The third-order valence-electron chi connectivity index (χ3n) is 1.38. The Hall–Kier alpha value is -0.270. The van der Waals surface area contributed by atoms with Crippen LogP contribution in [0.5, 0.6) is 0 Å². The van der Waals surface area contributed by atoms with Gasteiger partial charge in [-0.2, -0.15) is 0 Å². The van der Waals surface area contributed by atoms with E-state index in [4.69, 9.17) is 6.42 Å². The molecule has 0 spiro atoms. The van der Waals surface area contributed by atoms with Gasteiger partial charge in [0.15, 0.2) is 0 Å². The summed E-state index contributed by atoms with van der Waals surface area (Å²) in [5.41, 5.74) is 0. The SMILES string of the molecule is C#CC(=O)N1CCSSCC1. The summed E-state index contributed by atoms with van der Waals surface area (Å²) in [4.78, 5) is 12.7. The lowest BCUT2D eigenvalue weighted by atomic mass is 10.4. The van der Waals surface area contributed by atoms with Crippen molar-refractivity contribution < 1.29 is 4.79 Å². The molecular formula is C7H9NOS2. The number of carbonyl (C=O) groups excluding carboxylic acids is 1. The Kier molecular flexibility index (Phi) is 3.67. The van der Waals surface area contributed by atoms with Crippen LogP contribution in [0.3, 0.4) is 0 Å². The summed E-state index contributed by atoms with van der Waals surface area (Å²) in [7, 11) is 3.60. The van der Waals surface area contributed by atoms with Crippen LogP contribution in [0, 0.1) is 12.3 Å². The molecule has 4 heteroatoms. The van der Waals surface area contributed by atoms with Gasteiger partial charge >= 0.3 is 0 Å². The molecule has 1 rings (SSSR count). The first-order chi connectivity index (χ1) is 5.34. The Morgan fingerprint density at radius 2 is 1.91 bits per heavy atom. The summed E-state index contributed by atoms with van der Waals surface area (Å²) in [6.07, 6.45) is 5.00. The molecule has 0 bridgehead atoms. The average Bonchev–Trinajstić information content (AvgIpc) is 2.30. The molecule has 0 atom stereocenters. The third kappa shape index (κ3) is 2.68. The Morgan fingerprint density at radius 1 is 1.36 bits per heavy atom. The molecule has 0 aliphatic carbocycles. The number of amides is 1. The van der Waals surface area contributed by atoms with Crippen molar-refractivity contribution in [3.8, 4) is 12.3 Å². The zero-order valence-corrected chi connectivity index (χ0v) is 7.71. The van der Waals surface area contributed by atoms with E-state index in [0.717, 1.165) is 24.6 Å². The van der Waals surface area contributed by atoms with Gasteiger partial charge < -0.3 is 4.90 Å². The molecule has 1 heterocycles. The van der Waals surface area contributed by atoms with E-state index in [1.807, 2.05) is 0 Å². The lowest BCUT2D eigenvalue weighted by Crippen LogP contribution is -2.32. The molecule has 2 nitrogen and oxygen atoms in total. The predicted octanol–water partition coefficient (Wildman–Crippen LogP) is 0.843. The van der Waals surface area contributed by atoms with Crippen molar-refractivity contribution in [2.45, 2.75) is 0 Å². The maximum atomic E-state index is 11.0. The Morgan fingerprint density at radius 3 is 2.36 bits per heavy atom. The number of terminal acetylenes is 1. The van der Waals surface area contributed by atoms with Gasteiger partial charge in [0.2, 0.25) is 0 Å². The molecule has 0 radical (unpaired) electrons. The maximum Gasteiger partial charge on any atom is 0.298 e. The second-order valence-electron chi connectivity index (χ2n) is 2.08. The van der Waals surface area contributed by atoms with Gasteiger partial charge in [0.05, 0.1) is 0 Å². The smallest absolute Gasteiger partial charge is 0.298 e. The van der Waals surface area contributed by atoms with Crippen LogP contribution in [0.15, 0.2) is 0 Å². The van der Waals surface area contributed by atoms with Crippen LogP contribution in [0.25, 0.3) is 0 Å². The molecule has 1 aliphatic rings. The van der Waals surface area contributed by atoms with E-state index in [1.165, 1.54) is 0 Å². The average molecular weight is 187 g/mol. The summed E-state index contributed by atoms with van der Waals surface area (Å²) in [6.45, 7) is 1.58. The molecule has 1 amide bonds. The monoisotopic (exact) mass is 187 g/mol. The van der Waals surface area contributed by atoms with E-state index < -0.39 is 0 Å². The van der Waals surface area contributed by atoms with Gasteiger partial charge in [-0.3, -0.25) is 4.79 Å². The van der Waals surface area contributed by atoms with Gasteiger partial charge in [0, 0.05) is 24.6 Å². The Balaban J connectivity index is 2.44. The summed E-state index contributed by atoms with van der Waals surface area (Å²) >= 11 is 0. The highest BCUT2D eigenvalue weighted by atomic mass is 33.1. The highest BCUT2D eigenvalue weighted by Gasteiger charge is 2.12. The predicted molar refractivity (Wildman–Crippen MR) is 50.3 cm³/mol. The number of rotatable bonds is 0. The molecule has 0 aromatic heterocycles. The fraction of sp³-hybridized carbons (Fsp3) is 0.571. The van der Waals surface area contributed by atoms with Gasteiger partial charge in [0.25, 0.3) is 5.91 Å². The largest absolute Gasteiger partial charge is 0.330 e. The van der Waals surface area contributed by atoms with Crippen LogP contribution in [0.1, 0.15) is 0 Å². The normalized spacial score (nSPS) is 18.6. The molecule has 1 fully saturated rings. The molecule has 0 aromatic carbocycles. The van der Waals surface area contributed by atoms with E-state index in [-0.39, 0.29) is 5.91 Å². The fourth-order valence-electron chi connectivity index (χ4n) is 0.819. The highest BCUT2D eigenvalue weighted by molar-refractivity contribution is 8.76. The summed E-state index contributed by atoms with van der Waals surface area (Å²) in [6, 6.07) is 0. The van der Waals surface area contributed by atoms with Crippen LogP contribution in [-0.2, 0) is 4.79 Å². The van der Waals surface area contributed by atoms with Crippen molar-refractivity contribution in [1.29, 1.82) is 0 Å². The zero-order valence-electron chi connectivity index (χ0n) is 6.08. The van der Waals surface area contributed by atoms with Crippen LogP contribution >= 0.6 is 21.6 Å². The van der Waals surface area contributed by atoms with Gasteiger partial charge in [-0.05, 0) is 5.92 Å². The number of hydrogen-bond donors (Lipinski definition) is 0. The summed E-state index contributed by atoms with van der Waals surface area (Å²) in [5, 5.41) is 0. The van der Waals surface area contributed by atoms with Crippen molar-refractivity contribution in [2.75, 3.05) is 24.6 Å². The summed E-state index contributed by atoms with van der Waals surface area (Å²) < 4.78 is 0. The lowest BCUT2D eigenvalue weighted by Gasteiger charge is -2.15. The maximum absolute atomic E-state index is 11.0. The number of carbonyl (C=O) groups is 1. The second kappa shape index (κ2) is 4.58. The standard InChI is InChI=1S/C7H9NOS2/c1-2-7(9)8-3-5-10-11-6-4-8/h1H,3-6H2. The minimum Gasteiger partial charge on any atom is -0.330 e. The molecule has 11 heavy (non-hydrogen) atoms. The highest BCUT2D eigenvalue weighted by Crippen LogP contribution is 2.23. The van der Waals surface area contributed by atoms with Crippen LogP contribution in [0.2, 0.25) is 0 Å². The minimum atomic E-state index is -0.173. The molecule has 0 N–H and O–H groups in total. The first-order valence-corrected chi connectivity index (χ1v) is 5.83. The Bertz CT molecular complexity index is 179. The minimum absolute atomic E-state index is 0.173. The van der Waals surface area contributed by atoms with E-state index in [0.29, 0.717) is 0 Å². The first kappa shape index (κ1) is 8.82. The van der Waals surface area contributed by atoms with Gasteiger partial charge in [-0.25, -0.2) is 0 Å². The Labute approximate surface area is 74.5 Å². The van der Waals surface area contributed by atoms with E-state index in [2.05, 4.69) is 5.92 Å². The number of nitrogens with zero attached hydrogens (tertiary/aromatic N) is 1. The molecule has 0 saturated carbocycles. The van der Waals surface area contributed by atoms with E-state index in [9.17, 15) is 4.79 Å². The van der Waals surface area contributed by atoms with Crippen molar-refractivity contribution >= 4 is 27.5 Å². The molecule has 0 unspecified atom stereocenters. The third-order valence-corrected chi connectivity index (χ3v) is 3.75. The van der Waals surface area contributed by atoms with Crippen LogP contribution in [0.4, 0.5) is 0 Å². The second-order valence-corrected chi connectivity index (χ2v) is 4.78. The van der Waals surface area contributed by atoms with E-state index in [1.54, 1.807) is 26.5 Å². The van der Waals surface area contributed by atoms with Crippen molar-refractivity contribution in [3.63, 3.8) is 0 Å². The quantitative estimate of drug-likeness (QED) is 0.414. The van der Waals surface area contributed by atoms with Gasteiger partial charge in [-0.1, -0.05) is 21.6 Å². The van der Waals surface area contributed by atoms with Gasteiger partial charge in [-0.15, -0.1) is 6.42 Å². The molecule has 1 saturated heterocycles.